The smallest absolute Gasteiger partial charge is 0.406 e. The average molecular weight is 653 g/mol. The van der Waals surface area contributed by atoms with Crippen LogP contribution in [0.1, 0.15) is 79.1 Å². The van der Waals surface area contributed by atoms with E-state index in [1.807, 2.05) is 0 Å². The second-order valence-corrected chi connectivity index (χ2v) is 13.8. The van der Waals surface area contributed by atoms with Gasteiger partial charge in [-0.05, 0) is 100 Å². The maximum atomic E-state index is 6.26. The zero-order valence-corrected chi connectivity index (χ0v) is 29.9. The molecule has 5 heteroatoms. The molecular weight excluding hydrogens is 599 g/mol. The molecule has 2 unspecified atom stereocenters. The van der Waals surface area contributed by atoms with Crippen LogP contribution in [-0.4, -0.2) is 20.2 Å². The van der Waals surface area contributed by atoms with E-state index < -0.39 is 0 Å². The van der Waals surface area contributed by atoms with Gasteiger partial charge in [-0.25, -0.2) is 0 Å². The zero-order valence-electron chi connectivity index (χ0n) is 29.9. The summed E-state index contributed by atoms with van der Waals surface area (Å²) in [6.07, 6.45) is 9.76. The second-order valence-electron chi connectivity index (χ2n) is 13.8. The molecule has 1 aliphatic heterocycles. The molecule has 6 rings (SSSR count). The van der Waals surface area contributed by atoms with Crippen molar-refractivity contribution in [1.29, 1.82) is 0 Å². The molecule has 0 fully saturated rings. The summed E-state index contributed by atoms with van der Waals surface area (Å²) >= 11 is 0. The lowest BCUT2D eigenvalue weighted by molar-refractivity contribution is 0.233. The first kappa shape index (κ1) is 34.5. The molecule has 0 spiro atoms. The monoisotopic (exact) mass is 652 g/mol. The molecule has 0 aliphatic carbocycles. The van der Waals surface area contributed by atoms with Crippen LogP contribution in [0, 0.1) is 11.8 Å². The van der Waals surface area contributed by atoms with Gasteiger partial charge in [0.1, 0.15) is 11.5 Å². The Morgan fingerprint density at radius 3 is 1.45 bits per heavy atom. The van der Waals surface area contributed by atoms with Gasteiger partial charge in [0.25, 0.3) is 0 Å². The van der Waals surface area contributed by atoms with Crippen LogP contribution in [0.3, 0.4) is 0 Å². The fourth-order valence-corrected chi connectivity index (χ4v) is 6.96. The first-order chi connectivity index (χ1) is 24.1. The number of nitrogens with one attached hydrogen (secondary N) is 2. The third kappa shape index (κ3) is 8.62. The number of anilines is 2. The molecular formula is C44H53BN2O2. The van der Waals surface area contributed by atoms with Crippen molar-refractivity contribution >= 4 is 34.6 Å². The molecule has 5 aromatic carbocycles. The van der Waals surface area contributed by atoms with Crippen LogP contribution < -0.4 is 25.4 Å². The van der Waals surface area contributed by atoms with Gasteiger partial charge in [0.15, 0.2) is 0 Å². The number of rotatable bonds is 17. The minimum atomic E-state index is -0.0763. The third-order valence-electron chi connectivity index (χ3n) is 10.2. The van der Waals surface area contributed by atoms with E-state index >= 15 is 0 Å². The SMILES string of the molecule is CCCCC(CC)COc1ccc(-c2cc(B3Nc4cccc5cccc(c45)N3)cc(-c3ccc(OCC(CC)CCCC)cc3)c2)cc1. The zero-order chi connectivity index (χ0) is 34.0. The highest BCUT2D eigenvalue weighted by Crippen LogP contribution is 2.35. The molecule has 2 N–H and O–H groups in total. The van der Waals surface area contributed by atoms with Gasteiger partial charge in [-0.2, -0.15) is 0 Å². The van der Waals surface area contributed by atoms with Gasteiger partial charge in [0.2, 0.25) is 0 Å². The van der Waals surface area contributed by atoms with E-state index in [-0.39, 0.29) is 6.98 Å². The normalized spacial score (nSPS) is 13.4. The van der Waals surface area contributed by atoms with Crippen molar-refractivity contribution in [2.45, 2.75) is 79.1 Å². The predicted octanol–water partition coefficient (Wildman–Crippen LogP) is 11.6. The van der Waals surface area contributed by atoms with Crippen LogP contribution in [0.2, 0.25) is 0 Å². The highest BCUT2D eigenvalue weighted by molar-refractivity contribution is 6.80. The summed E-state index contributed by atoms with van der Waals surface area (Å²) in [6, 6.07) is 37.2. The summed E-state index contributed by atoms with van der Waals surface area (Å²) in [6.45, 7) is 10.5. The first-order valence-corrected chi connectivity index (χ1v) is 18.7. The number of ether oxygens (including phenoxy) is 2. The summed E-state index contributed by atoms with van der Waals surface area (Å²) in [4.78, 5) is 0. The van der Waals surface area contributed by atoms with Gasteiger partial charge >= 0.3 is 6.98 Å². The van der Waals surface area contributed by atoms with Crippen molar-refractivity contribution in [2.24, 2.45) is 11.8 Å². The minimum absolute atomic E-state index is 0.0763. The van der Waals surface area contributed by atoms with Crippen molar-refractivity contribution in [1.82, 2.24) is 0 Å². The molecule has 0 saturated heterocycles. The minimum Gasteiger partial charge on any atom is -0.493 e. The van der Waals surface area contributed by atoms with Crippen molar-refractivity contribution < 1.29 is 9.47 Å². The predicted molar refractivity (Wildman–Crippen MR) is 211 cm³/mol. The number of hydrogen-bond acceptors (Lipinski definition) is 4. The maximum absolute atomic E-state index is 6.26. The Morgan fingerprint density at radius 1 is 0.551 bits per heavy atom. The van der Waals surface area contributed by atoms with Crippen LogP contribution in [0.15, 0.2) is 103 Å². The van der Waals surface area contributed by atoms with Crippen molar-refractivity contribution in [2.75, 3.05) is 23.7 Å². The van der Waals surface area contributed by atoms with Crippen LogP contribution in [0.4, 0.5) is 11.4 Å². The molecule has 2 atom stereocenters. The van der Waals surface area contributed by atoms with E-state index in [2.05, 4.69) is 141 Å². The van der Waals surface area contributed by atoms with Crippen molar-refractivity contribution in [3.05, 3.63) is 103 Å². The molecule has 1 aliphatic rings. The van der Waals surface area contributed by atoms with Gasteiger partial charge in [0.05, 0.1) is 13.2 Å². The molecule has 1 heterocycles. The average Bonchev–Trinajstić information content (AvgIpc) is 3.15. The Kier molecular flexibility index (Phi) is 11.8. The Bertz CT molecular complexity index is 1660. The number of unbranched alkanes of at least 4 members (excludes halogenated alkanes) is 2. The molecule has 0 amide bonds. The van der Waals surface area contributed by atoms with E-state index in [0.717, 1.165) is 48.9 Å². The van der Waals surface area contributed by atoms with Gasteiger partial charge in [-0.3, -0.25) is 0 Å². The number of hydrogen-bond donors (Lipinski definition) is 2. The molecule has 254 valence electrons. The topological polar surface area (TPSA) is 42.5 Å². The van der Waals surface area contributed by atoms with Crippen LogP contribution in [-0.2, 0) is 0 Å². The standard InChI is InChI=1S/C44H53BN2O2/c1-5-9-13-32(7-3)30-48-40-23-19-34(20-24-40)37-27-38(35-21-25-41(26-22-35)49-31-33(8-4)14-10-6-2)29-39(28-37)45-46-42-17-11-15-36-16-12-18-43(47-45)44(36)42/h11-12,15-29,32-33,46-47H,5-10,13-14,30-31H2,1-4H3. The van der Waals surface area contributed by atoms with Crippen molar-refractivity contribution in [3.8, 4) is 33.8 Å². The lowest BCUT2D eigenvalue weighted by Gasteiger charge is -2.27. The van der Waals surface area contributed by atoms with Gasteiger partial charge in [-0.1, -0.05) is 127 Å². The fourth-order valence-electron chi connectivity index (χ4n) is 6.96. The summed E-state index contributed by atoms with van der Waals surface area (Å²) in [5, 5.41) is 10.1. The largest absolute Gasteiger partial charge is 0.493 e. The maximum Gasteiger partial charge on any atom is 0.406 e. The quantitative estimate of drug-likeness (QED) is 0.0981. The Hall–Kier alpha value is -4.38. The fraction of sp³-hybridized carbons (Fsp3) is 0.364. The lowest BCUT2D eigenvalue weighted by Crippen LogP contribution is -2.47. The highest BCUT2D eigenvalue weighted by atomic mass is 16.5. The summed E-state index contributed by atoms with van der Waals surface area (Å²) < 4.78 is 12.5. The van der Waals surface area contributed by atoms with E-state index in [1.54, 1.807) is 0 Å². The van der Waals surface area contributed by atoms with Crippen molar-refractivity contribution in [3.63, 3.8) is 0 Å². The van der Waals surface area contributed by atoms with E-state index in [4.69, 9.17) is 9.47 Å². The molecule has 0 radical (unpaired) electrons. The summed E-state index contributed by atoms with van der Waals surface area (Å²) in [5.74, 6) is 3.09. The molecule has 49 heavy (non-hydrogen) atoms. The van der Waals surface area contributed by atoms with E-state index in [9.17, 15) is 0 Å². The Morgan fingerprint density at radius 2 is 1.02 bits per heavy atom. The van der Waals surface area contributed by atoms with E-state index in [1.165, 1.54) is 77.0 Å². The van der Waals surface area contributed by atoms with Crippen LogP contribution in [0.5, 0.6) is 11.5 Å². The lowest BCUT2D eigenvalue weighted by atomic mass is 9.65. The van der Waals surface area contributed by atoms with Gasteiger partial charge in [0, 0.05) is 16.8 Å². The first-order valence-electron chi connectivity index (χ1n) is 18.7. The molecule has 0 aromatic heterocycles. The highest BCUT2D eigenvalue weighted by Gasteiger charge is 2.26. The number of benzene rings is 5. The molecule has 5 aromatic rings. The van der Waals surface area contributed by atoms with Gasteiger partial charge in [-0.15, -0.1) is 0 Å². The second kappa shape index (κ2) is 16.8. The van der Waals surface area contributed by atoms with Gasteiger partial charge < -0.3 is 19.9 Å². The van der Waals surface area contributed by atoms with Crippen LogP contribution in [0.25, 0.3) is 33.0 Å². The summed E-state index contributed by atoms with van der Waals surface area (Å²) in [7, 11) is 0. The Labute approximate surface area is 294 Å². The molecule has 0 saturated carbocycles. The Balaban J connectivity index is 1.27. The van der Waals surface area contributed by atoms with Crippen LogP contribution >= 0.6 is 0 Å². The molecule has 4 nitrogen and oxygen atoms in total. The van der Waals surface area contributed by atoms with E-state index in [0.29, 0.717) is 11.8 Å². The summed E-state index contributed by atoms with van der Waals surface area (Å²) in [5.41, 5.74) is 8.19. The third-order valence-corrected chi connectivity index (χ3v) is 10.2. The molecule has 0 bridgehead atoms.